The average Bonchev–Trinajstić information content (AvgIpc) is 3.29. The van der Waals surface area contributed by atoms with Crippen molar-refractivity contribution in [3.63, 3.8) is 0 Å². The lowest BCUT2D eigenvalue weighted by Gasteiger charge is -2.21. The minimum atomic E-state index is -0.693. The van der Waals surface area contributed by atoms with Gasteiger partial charge in [0.1, 0.15) is 17.3 Å². The molecule has 0 saturated heterocycles. The summed E-state index contributed by atoms with van der Waals surface area (Å²) in [5, 5.41) is 13.1. The summed E-state index contributed by atoms with van der Waals surface area (Å²) in [6.45, 7) is 2.18. The van der Waals surface area contributed by atoms with Crippen LogP contribution >= 0.6 is 11.3 Å². The molecular weight excluding hydrogens is 464 g/mol. The molecule has 1 aromatic heterocycles. The van der Waals surface area contributed by atoms with Crippen LogP contribution in [0.5, 0.6) is 5.75 Å². The van der Waals surface area contributed by atoms with Gasteiger partial charge in [-0.1, -0.05) is 18.2 Å². The molecule has 9 heteroatoms. The number of hydrogen-bond acceptors (Lipinski definition) is 8. The predicted molar refractivity (Wildman–Crippen MR) is 135 cm³/mol. The van der Waals surface area contributed by atoms with Crippen LogP contribution in [0.15, 0.2) is 72.8 Å². The molecule has 0 spiro atoms. The molecule has 1 N–H and O–H groups in total. The van der Waals surface area contributed by atoms with Gasteiger partial charge in [0.2, 0.25) is 0 Å². The Bertz CT molecular complexity index is 1360. The van der Waals surface area contributed by atoms with Crippen LogP contribution < -0.4 is 15.0 Å². The number of rotatable bonds is 8. The summed E-state index contributed by atoms with van der Waals surface area (Å²) in [6, 6.07) is 23.3. The highest BCUT2D eigenvalue weighted by Crippen LogP contribution is 2.27. The van der Waals surface area contributed by atoms with Crippen molar-refractivity contribution in [3.8, 4) is 11.8 Å². The molecule has 0 bridgehead atoms. The summed E-state index contributed by atoms with van der Waals surface area (Å²) in [6.07, 6.45) is -0.693. The number of nitrogens with zero attached hydrogens (tertiary/aromatic N) is 3. The summed E-state index contributed by atoms with van der Waals surface area (Å²) < 4.78 is 11.5. The fourth-order valence-corrected chi connectivity index (χ4v) is 4.18. The highest BCUT2D eigenvalue weighted by molar-refractivity contribution is 7.18. The Balaban J connectivity index is 1.46. The van der Waals surface area contributed by atoms with Gasteiger partial charge in [0.15, 0.2) is 0 Å². The number of thiazole rings is 1. The third kappa shape index (κ3) is 6.13. The number of benzene rings is 3. The first-order chi connectivity index (χ1) is 17.1. The van der Waals surface area contributed by atoms with Crippen LogP contribution in [0.2, 0.25) is 0 Å². The van der Waals surface area contributed by atoms with E-state index in [4.69, 9.17) is 14.7 Å². The number of anilines is 2. The number of carbonyl (C=O) groups is 2. The molecule has 3 aromatic carbocycles. The van der Waals surface area contributed by atoms with Crippen molar-refractivity contribution < 1.29 is 19.1 Å². The molecule has 0 aliphatic rings. The SMILES string of the molecule is CCOC(=O)CN(C(=O)Oc1ccc2sc(CNc3ccc(C#N)cc3)nc2c1)c1ccccc1. The number of para-hydroxylation sites is 1. The Kier molecular flexibility index (Phi) is 7.55. The van der Waals surface area contributed by atoms with Crippen molar-refractivity contribution in [2.45, 2.75) is 13.5 Å². The van der Waals surface area contributed by atoms with Gasteiger partial charge in [-0.3, -0.25) is 9.69 Å². The summed E-state index contributed by atoms with van der Waals surface area (Å²) in [5.74, 6) is -0.202. The maximum atomic E-state index is 12.9. The van der Waals surface area contributed by atoms with Crippen LogP contribution in [0.4, 0.5) is 16.2 Å². The van der Waals surface area contributed by atoms with E-state index in [1.165, 1.54) is 16.2 Å². The Morgan fingerprint density at radius 2 is 1.86 bits per heavy atom. The van der Waals surface area contributed by atoms with Crippen LogP contribution in [0.25, 0.3) is 10.2 Å². The van der Waals surface area contributed by atoms with Crippen LogP contribution in [0.1, 0.15) is 17.5 Å². The Hall–Kier alpha value is -4.42. The molecule has 4 rings (SSSR count). The smallest absolute Gasteiger partial charge is 0.420 e. The maximum Gasteiger partial charge on any atom is 0.420 e. The monoisotopic (exact) mass is 486 g/mol. The molecule has 0 aliphatic carbocycles. The topological polar surface area (TPSA) is 105 Å². The van der Waals surface area contributed by atoms with Gasteiger partial charge >= 0.3 is 12.1 Å². The lowest BCUT2D eigenvalue weighted by atomic mass is 10.2. The third-order valence-electron chi connectivity index (χ3n) is 4.95. The summed E-state index contributed by atoms with van der Waals surface area (Å²) in [4.78, 5) is 30.9. The van der Waals surface area contributed by atoms with Crippen molar-refractivity contribution in [3.05, 3.63) is 83.4 Å². The molecule has 0 aliphatic heterocycles. The van der Waals surface area contributed by atoms with Crippen LogP contribution in [-0.2, 0) is 16.1 Å². The number of amides is 1. The number of carbonyl (C=O) groups excluding carboxylic acids is 2. The number of hydrogen-bond donors (Lipinski definition) is 1. The molecule has 1 amide bonds. The molecule has 176 valence electrons. The number of nitriles is 1. The highest BCUT2D eigenvalue weighted by Gasteiger charge is 2.22. The molecule has 0 radical (unpaired) electrons. The van der Waals surface area contributed by atoms with Gasteiger partial charge < -0.3 is 14.8 Å². The zero-order chi connectivity index (χ0) is 24.6. The van der Waals surface area contributed by atoms with E-state index in [9.17, 15) is 9.59 Å². The quantitative estimate of drug-likeness (QED) is 0.335. The van der Waals surface area contributed by atoms with E-state index in [1.807, 2.05) is 24.3 Å². The highest BCUT2D eigenvalue weighted by atomic mass is 32.1. The lowest BCUT2D eigenvalue weighted by Crippen LogP contribution is -2.38. The van der Waals surface area contributed by atoms with Gasteiger partial charge in [0.25, 0.3) is 0 Å². The summed E-state index contributed by atoms with van der Waals surface area (Å²) in [7, 11) is 0. The number of nitrogens with one attached hydrogen (secondary N) is 1. The van der Waals surface area contributed by atoms with Crippen molar-refractivity contribution in [2.24, 2.45) is 0 Å². The zero-order valence-electron chi connectivity index (χ0n) is 18.9. The van der Waals surface area contributed by atoms with Crippen LogP contribution in [0.3, 0.4) is 0 Å². The molecule has 0 fully saturated rings. The first kappa shape index (κ1) is 23.7. The second kappa shape index (κ2) is 11.1. The van der Waals surface area contributed by atoms with Crippen molar-refractivity contribution >= 4 is 45.0 Å². The first-order valence-electron chi connectivity index (χ1n) is 10.9. The number of fused-ring (bicyclic) bond motifs is 1. The first-order valence-corrected chi connectivity index (χ1v) is 11.7. The second-order valence-corrected chi connectivity index (χ2v) is 8.49. The molecule has 35 heavy (non-hydrogen) atoms. The van der Waals surface area contributed by atoms with E-state index in [2.05, 4.69) is 16.4 Å². The van der Waals surface area contributed by atoms with Crippen LogP contribution in [-0.4, -0.2) is 30.2 Å². The molecule has 1 heterocycles. The van der Waals surface area contributed by atoms with Crippen molar-refractivity contribution in [2.75, 3.05) is 23.4 Å². The number of ether oxygens (including phenoxy) is 2. The largest absolute Gasteiger partial charge is 0.465 e. The van der Waals surface area contributed by atoms with Gasteiger partial charge in [0.05, 0.1) is 35.0 Å². The zero-order valence-corrected chi connectivity index (χ0v) is 19.7. The molecule has 8 nitrogen and oxygen atoms in total. The van der Waals surface area contributed by atoms with Gasteiger partial charge in [-0.15, -0.1) is 11.3 Å². The Morgan fingerprint density at radius 1 is 1.09 bits per heavy atom. The molecule has 0 saturated carbocycles. The minimum absolute atomic E-state index is 0.222. The Labute approximate surface area is 206 Å². The van der Waals surface area contributed by atoms with E-state index in [0.717, 1.165) is 15.4 Å². The number of aromatic nitrogens is 1. The van der Waals surface area contributed by atoms with Gasteiger partial charge in [-0.2, -0.15) is 5.26 Å². The molecular formula is C26H22N4O4S. The lowest BCUT2D eigenvalue weighted by molar-refractivity contribution is -0.141. The van der Waals surface area contributed by atoms with E-state index < -0.39 is 12.1 Å². The molecule has 4 aromatic rings. The fraction of sp³-hybridized carbons (Fsp3) is 0.154. The third-order valence-corrected chi connectivity index (χ3v) is 5.98. The van der Waals surface area contributed by atoms with Crippen molar-refractivity contribution in [1.29, 1.82) is 5.26 Å². The molecule has 0 atom stereocenters. The normalized spacial score (nSPS) is 10.4. The predicted octanol–water partition coefficient (Wildman–Crippen LogP) is 5.35. The summed E-state index contributed by atoms with van der Waals surface area (Å²) >= 11 is 1.53. The Morgan fingerprint density at radius 3 is 2.57 bits per heavy atom. The number of esters is 1. The van der Waals surface area contributed by atoms with E-state index in [-0.39, 0.29) is 13.2 Å². The maximum absolute atomic E-state index is 12.9. The van der Waals surface area contributed by atoms with Crippen LogP contribution in [0, 0.1) is 11.3 Å². The van der Waals surface area contributed by atoms with E-state index in [1.54, 1.807) is 55.5 Å². The standard InChI is InChI=1S/C26H22N4O4S/c1-2-33-25(31)17-30(20-6-4-3-5-7-20)26(32)34-21-12-13-23-22(14-21)29-24(35-23)16-28-19-10-8-18(15-27)9-11-19/h3-14,28H,2,16-17H2,1H3. The van der Waals surface area contributed by atoms with Gasteiger partial charge in [-0.25, -0.2) is 9.78 Å². The second-order valence-electron chi connectivity index (χ2n) is 7.37. The average molecular weight is 487 g/mol. The summed E-state index contributed by atoms with van der Waals surface area (Å²) in [5.41, 5.74) is 2.72. The van der Waals surface area contributed by atoms with E-state index >= 15 is 0 Å². The van der Waals surface area contributed by atoms with Crippen molar-refractivity contribution in [1.82, 2.24) is 4.98 Å². The van der Waals surface area contributed by atoms with Gasteiger partial charge in [-0.05, 0) is 55.5 Å². The minimum Gasteiger partial charge on any atom is -0.465 e. The van der Waals surface area contributed by atoms with Gasteiger partial charge in [0, 0.05) is 17.4 Å². The molecule has 0 unspecified atom stereocenters. The van der Waals surface area contributed by atoms with E-state index in [0.29, 0.717) is 29.1 Å². The fourth-order valence-electron chi connectivity index (χ4n) is 3.30.